The Bertz CT molecular complexity index is 867. The molecule has 3 rings (SSSR count). The van der Waals surface area contributed by atoms with Gasteiger partial charge in [-0.3, -0.25) is 4.79 Å². The first-order chi connectivity index (χ1) is 11.9. The first kappa shape index (κ1) is 17.4. The summed E-state index contributed by atoms with van der Waals surface area (Å²) < 4.78 is 45.3. The second-order valence-corrected chi connectivity index (χ2v) is 7.32. The summed E-state index contributed by atoms with van der Waals surface area (Å²) in [4.78, 5) is 14.0. The summed E-state index contributed by atoms with van der Waals surface area (Å²) in [6.45, 7) is 0.361. The molecule has 0 unspecified atom stereocenters. The smallest absolute Gasteiger partial charge is 0.245 e. The third kappa shape index (κ3) is 3.64. The minimum absolute atomic E-state index is 0.0568. The minimum Gasteiger partial charge on any atom is -0.497 e. The molecule has 1 aliphatic heterocycles. The first-order valence-electron chi connectivity index (χ1n) is 7.64. The monoisotopic (exact) mass is 364 g/mol. The van der Waals surface area contributed by atoms with Gasteiger partial charge in [-0.2, -0.15) is 4.72 Å². The average Bonchev–Trinajstić information content (AvgIpc) is 2.96. The van der Waals surface area contributed by atoms with Crippen molar-refractivity contribution in [2.75, 3.05) is 18.6 Å². The summed E-state index contributed by atoms with van der Waals surface area (Å²) in [7, 11) is -2.34. The van der Waals surface area contributed by atoms with Crippen LogP contribution in [0.4, 0.5) is 10.1 Å². The lowest BCUT2D eigenvalue weighted by Gasteiger charge is -2.17. The summed E-state index contributed by atoms with van der Waals surface area (Å²) in [5, 5.41) is 0. The number of nitrogens with one attached hydrogen (secondary N) is 1. The zero-order chi connectivity index (χ0) is 18.0. The summed E-state index contributed by atoms with van der Waals surface area (Å²) >= 11 is 0. The zero-order valence-corrected chi connectivity index (χ0v) is 14.3. The molecule has 1 amide bonds. The molecule has 1 atom stereocenters. The Hall–Kier alpha value is -2.45. The van der Waals surface area contributed by atoms with Crippen LogP contribution in [0.3, 0.4) is 0 Å². The van der Waals surface area contributed by atoms with Crippen LogP contribution in [-0.2, 0) is 14.8 Å². The number of hydrogen-bond donors (Lipinski definition) is 1. The SMILES string of the molecule is COc1ccc(S(=O)(=O)N[C@H]2CCN(c3ccc(F)cc3)C2=O)cc1. The molecule has 6 nitrogen and oxygen atoms in total. The van der Waals surface area contributed by atoms with E-state index < -0.39 is 21.9 Å². The van der Waals surface area contributed by atoms with E-state index in [2.05, 4.69) is 4.72 Å². The predicted molar refractivity (Wildman–Crippen MR) is 90.5 cm³/mol. The molecule has 1 saturated heterocycles. The van der Waals surface area contributed by atoms with E-state index in [4.69, 9.17) is 4.74 Å². The predicted octanol–water partition coefficient (Wildman–Crippen LogP) is 1.92. The van der Waals surface area contributed by atoms with E-state index in [0.29, 0.717) is 24.4 Å². The summed E-state index contributed by atoms with van der Waals surface area (Å²) in [6.07, 6.45) is 0.339. The maximum Gasteiger partial charge on any atom is 0.245 e. The summed E-state index contributed by atoms with van der Waals surface area (Å²) in [6, 6.07) is 10.6. The van der Waals surface area contributed by atoms with E-state index in [1.165, 1.54) is 60.5 Å². The van der Waals surface area contributed by atoms with Gasteiger partial charge in [-0.1, -0.05) is 0 Å². The highest BCUT2D eigenvalue weighted by Gasteiger charge is 2.35. The first-order valence-corrected chi connectivity index (χ1v) is 9.12. The lowest BCUT2D eigenvalue weighted by atomic mass is 10.3. The molecule has 0 aromatic heterocycles. The summed E-state index contributed by atoms with van der Waals surface area (Å²) in [5.41, 5.74) is 0.539. The van der Waals surface area contributed by atoms with Crippen molar-refractivity contribution in [2.45, 2.75) is 17.4 Å². The number of carbonyl (C=O) groups is 1. The molecule has 132 valence electrons. The Balaban J connectivity index is 1.74. The number of rotatable bonds is 5. The van der Waals surface area contributed by atoms with Crippen molar-refractivity contribution < 1.29 is 22.3 Å². The van der Waals surface area contributed by atoms with Gasteiger partial charge in [0.15, 0.2) is 0 Å². The molecule has 0 saturated carbocycles. The van der Waals surface area contributed by atoms with Crippen molar-refractivity contribution in [1.82, 2.24) is 4.72 Å². The number of anilines is 1. The second kappa shape index (κ2) is 6.81. The Labute approximate surface area is 145 Å². The maximum absolute atomic E-state index is 13.0. The van der Waals surface area contributed by atoms with Gasteiger partial charge in [-0.25, -0.2) is 12.8 Å². The fourth-order valence-corrected chi connectivity index (χ4v) is 3.90. The largest absolute Gasteiger partial charge is 0.497 e. The highest BCUT2D eigenvalue weighted by molar-refractivity contribution is 7.89. The topological polar surface area (TPSA) is 75.7 Å². The Morgan fingerprint density at radius 3 is 2.36 bits per heavy atom. The Morgan fingerprint density at radius 2 is 1.76 bits per heavy atom. The fourth-order valence-electron chi connectivity index (χ4n) is 2.68. The van der Waals surface area contributed by atoms with Gasteiger partial charge in [0.2, 0.25) is 15.9 Å². The molecule has 1 aliphatic rings. The van der Waals surface area contributed by atoms with E-state index >= 15 is 0 Å². The van der Waals surface area contributed by atoms with Gasteiger partial charge in [0, 0.05) is 12.2 Å². The van der Waals surface area contributed by atoms with Crippen LogP contribution < -0.4 is 14.4 Å². The number of methoxy groups -OCH3 is 1. The van der Waals surface area contributed by atoms with Crippen molar-refractivity contribution in [3.63, 3.8) is 0 Å². The van der Waals surface area contributed by atoms with Gasteiger partial charge in [0.25, 0.3) is 0 Å². The van der Waals surface area contributed by atoms with E-state index in [1.807, 2.05) is 0 Å². The van der Waals surface area contributed by atoms with Crippen LogP contribution >= 0.6 is 0 Å². The molecule has 25 heavy (non-hydrogen) atoms. The second-order valence-electron chi connectivity index (χ2n) is 5.60. The number of benzene rings is 2. The molecule has 8 heteroatoms. The van der Waals surface area contributed by atoms with E-state index in [9.17, 15) is 17.6 Å². The molecule has 0 bridgehead atoms. The van der Waals surface area contributed by atoms with Gasteiger partial charge in [-0.05, 0) is 55.0 Å². The summed E-state index contributed by atoms with van der Waals surface area (Å²) in [5.74, 6) is -0.214. The maximum atomic E-state index is 13.0. The van der Waals surface area contributed by atoms with Crippen LogP contribution in [0.1, 0.15) is 6.42 Å². The van der Waals surface area contributed by atoms with Crippen LogP contribution in [-0.4, -0.2) is 34.0 Å². The van der Waals surface area contributed by atoms with Crippen molar-refractivity contribution in [1.29, 1.82) is 0 Å². The Morgan fingerprint density at radius 1 is 1.12 bits per heavy atom. The number of nitrogens with zero attached hydrogens (tertiary/aromatic N) is 1. The average molecular weight is 364 g/mol. The highest BCUT2D eigenvalue weighted by atomic mass is 32.2. The molecule has 2 aromatic carbocycles. The number of sulfonamides is 1. The number of halogens is 1. The molecule has 0 aliphatic carbocycles. The normalized spacial score (nSPS) is 17.8. The molecule has 1 fully saturated rings. The van der Waals surface area contributed by atoms with Crippen molar-refractivity contribution in [2.24, 2.45) is 0 Å². The van der Waals surface area contributed by atoms with Gasteiger partial charge in [-0.15, -0.1) is 0 Å². The quantitative estimate of drug-likeness (QED) is 0.880. The van der Waals surface area contributed by atoms with Crippen LogP contribution in [0, 0.1) is 5.82 Å². The van der Waals surface area contributed by atoms with Gasteiger partial charge >= 0.3 is 0 Å². The minimum atomic E-state index is -3.83. The molecule has 1 N–H and O–H groups in total. The molecule has 2 aromatic rings. The molecular formula is C17H17FN2O4S. The van der Waals surface area contributed by atoms with Gasteiger partial charge in [0.05, 0.1) is 12.0 Å². The lowest BCUT2D eigenvalue weighted by Crippen LogP contribution is -2.41. The standard InChI is InChI=1S/C17H17FN2O4S/c1-24-14-6-8-15(9-7-14)25(22,23)19-16-10-11-20(17(16)21)13-4-2-12(18)3-5-13/h2-9,16,19H,10-11H2,1H3/t16-/m0/s1. The number of amides is 1. The van der Waals surface area contributed by atoms with Crippen molar-refractivity contribution >= 4 is 21.6 Å². The third-order valence-electron chi connectivity index (χ3n) is 4.01. The van der Waals surface area contributed by atoms with E-state index in [0.717, 1.165) is 0 Å². The molecular weight excluding hydrogens is 347 g/mol. The number of carbonyl (C=O) groups excluding carboxylic acids is 1. The highest BCUT2D eigenvalue weighted by Crippen LogP contribution is 2.23. The van der Waals surface area contributed by atoms with Crippen LogP contribution in [0.15, 0.2) is 53.4 Å². The molecule has 0 radical (unpaired) electrons. The lowest BCUT2D eigenvalue weighted by molar-refractivity contribution is -0.118. The van der Waals surface area contributed by atoms with E-state index in [-0.39, 0.29) is 10.8 Å². The third-order valence-corrected chi connectivity index (χ3v) is 5.50. The number of ether oxygens (including phenoxy) is 1. The van der Waals surface area contributed by atoms with E-state index in [1.54, 1.807) is 0 Å². The Kier molecular flexibility index (Phi) is 4.73. The molecule has 1 heterocycles. The van der Waals surface area contributed by atoms with Crippen molar-refractivity contribution in [3.05, 3.63) is 54.3 Å². The van der Waals surface area contributed by atoms with Crippen LogP contribution in [0.5, 0.6) is 5.75 Å². The van der Waals surface area contributed by atoms with Crippen LogP contribution in [0.2, 0.25) is 0 Å². The van der Waals surface area contributed by atoms with Crippen molar-refractivity contribution in [3.8, 4) is 5.75 Å². The fraction of sp³-hybridized carbons (Fsp3) is 0.235. The van der Waals surface area contributed by atoms with Gasteiger partial charge < -0.3 is 9.64 Å². The number of hydrogen-bond acceptors (Lipinski definition) is 4. The molecule has 0 spiro atoms. The zero-order valence-electron chi connectivity index (χ0n) is 13.5. The van der Waals surface area contributed by atoms with Crippen LogP contribution in [0.25, 0.3) is 0 Å². The van der Waals surface area contributed by atoms with Gasteiger partial charge in [0.1, 0.15) is 17.6 Å².